The van der Waals surface area contributed by atoms with Gasteiger partial charge in [-0.1, -0.05) is 6.07 Å². The normalized spacial score (nSPS) is 18.7. The van der Waals surface area contributed by atoms with E-state index in [9.17, 15) is 10.1 Å². The van der Waals surface area contributed by atoms with Crippen LogP contribution in [0.4, 0.5) is 11.4 Å². The van der Waals surface area contributed by atoms with Crippen LogP contribution in [0.1, 0.15) is 19.4 Å². The quantitative estimate of drug-likeness (QED) is 0.644. The summed E-state index contributed by atoms with van der Waals surface area (Å²) in [4.78, 5) is 12.9. The van der Waals surface area contributed by atoms with Crippen molar-refractivity contribution in [3.63, 3.8) is 0 Å². The van der Waals surface area contributed by atoms with Crippen molar-refractivity contribution in [3.8, 4) is 0 Å². The van der Waals surface area contributed by atoms with Crippen LogP contribution in [0.25, 0.3) is 0 Å². The standard InChI is InChI=1S/C13H19N3O2/c1-10-4-5-11(16(17)18)12(8-10)15-7-6-14-13(2,3)9-15/h4-5,8,14H,6-7,9H2,1-3H3. The van der Waals surface area contributed by atoms with E-state index in [0.29, 0.717) is 0 Å². The highest BCUT2D eigenvalue weighted by Crippen LogP contribution is 2.30. The Morgan fingerprint density at radius 2 is 2.17 bits per heavy atom. The first-order valence-electron chi connectivity index (χ1n) is 6.14. The fourth-order valence-corrected chi connectivity index (χ4v) is 2.39. The van der Waals surface area contributed by atoms with E-state index in [1.807, 2.05) is 13.0 Å². The Labute approximate surface area is 107 Å². The molecule has 0 radical (unpaired) electrons. The van der Waals surface area contributed by atoms with Gasteiger partial charge in [0.2, 0.25) is 0 Å². The zero-order valence-electron chi connectivity index (χ0n) is 11.1. The Balaban J connectivity index is 2.37. The lowest BCUT2D eigenvalue weighted by atomic mass is 10.0. The van der Waals surface area contributed by atoms with Crippen LogP contribution in [0.5, 0.6) is 0 Å². The van der Waals surface area contributed by atoms with Gasteiger partial charge in [-0.3, -0.25) is 10.1 Å². The largest absolute Gasteiger partial charge is 0.363 e. The third kappa shape index (κ3) is 2.61. The molecule has 0 aromatic heterocycles. The zero-order valence-corrected chi connectivity index (χ0v) is 11.1. The van der Waals surface area contributed by atoms with Crippen LogP contribution < -0.4 is 10.2 Å². The van der Waals surface area contributed by atoms with Gasteiger partial charge in [0.15, 0.2) is 0 Å². The van der Waals surface area contributed by atoms with Crippen molar-refractivity contribution in [3.05, 3.63) is 33.9 Å². The van der Waals surface area contributed by atoms with Gasteiger partial charge in [-0.15, -0.1) is 0 Å². The van der Waals surface area contributed by atoms with E-state index < -0.39 is 0 Å². The average molecular weight is 249 g/mol. The summed E-state index contributed by atoms with van der Waals surface area (Å²) in [7, 11) is 0. The molecule has 1 aromatic carbocycles. The van der Waals surface area contributed by atoms with Crippen LogP contribution in [0.2, 0.25) is 0 Å². The number of rotatable bonds is 2. The summed E-state index contributed by atoms with van der Waals surface area (Å²) < 4.78 is 0. The Morgan fingerprint density at radius 3 is 2.78 bits per heavy atom. The second-order valence-corrected chi connectivity index (χ2v) is 5.48. The highest BCUT2D eigenvalue weighted by Gasteiger charge is 2.29. The molecule has 1 aliphatic heterocycles. The van der Waals surface area contributed by atoms with Gasteiger partial charge in [0, 0.05) is 31.2 Å². The fourth-order valence-electron chi connectivity index (χ4n) is 2.39. The second kappa shape index (κ2) is 4.57. The van der Waals surface area contributed by atoms with E-state index in [0.717, 1.165) is 30.9 Å². The van der Waals surface area contributed by atoms with Crippen molar-refractivity contribution in [2.24, 2.45) is 0 Å². The van der Waals surface area contributed by atoms with Gasteiger partial charge >= 0.3 is 0 Å². The van der Waals surface area contributed by atoms with E-state index in [4.69, 9.17) is 0 Å². The maximum Gasteiger partial charge on any atom is 0.292 e. The molecule has 18 heavy (non-hydrogen) atoms. The average Bonchev–Trinajstić information content (AvgIpc) is 2.27. The minimum absolute atomic E-state index is 0.0180. The molecule has 98 valence electrons. The fraction of sp³-hybridized carbons (Fsp3) is 0.538. The molecule has 0 aliphatic carbocycles. The van der Waals surface area contributed by atoms with Gasteiger partial charge in [-0.05, 0) is 32.4 Å². The summed E-state index contributed by atoms with van der Waals surface area (Å²) >= 11 is 0. The number of anilines is 1. The van der Waals surface area contributed by atoms with Crippen LogP contribution in [0.3, 0.4) is 0 Å². The third-order valence-electron chi connectivity index (χ3n) is 3.24. The Hall–Kier alpha value is -1.62. The van der Waals surface area contributed by atoms with Crippen molar-refractivity contribution in [2.45, 2.75) is 26.3 Å². The lowest BCUT2D eigenvalue weighted by Gasteiger charge is -2.40. The van der Waals surface area contributed by atoms with Gasteiger partial charge in [-0.2, -0.15) is 0 Å². The minimum atomic E-state index is -0.302. The van der Waals surface area contributed by atoms with E-state index in [1.54, 1.807) is 12.1 Å². The molecule has 1 fully saturated rings. The van der Waals surface area contributed by atoms with E-state index in [2.05, 4.69) is 24.1 Å². The number of aryl methyl sites for hydroxylation is 1. The molecule has 0 atom stereocenters. The second-order valence-electron chi connectivity index (χ2n) is 5.48. The molecule has 1 saturated heterocycles. The van der Waals surface area contributed by atoms with E-state index in [-0.39, 0.29) is 16.1 Å². The van der Waals surface area contributed by atoms with Gasteiger partial charge in [0.1, 0.15) is 5.69 Å². The monoisotopic (exact) mass is 249 g/mol. The van der Waals surface area contributed by atoms with Gasteiger partial charge in [0.25, 0.3) is 5.69 Å². The predicted octanol–water partition coefficient (Wildman–Crippen LogP) is 2.09. The van der Waals surface area contributed by atoms with E-state index >= 15 is 0 Å². The Kier molecular flexibility index (Phi) is 3.26. The molecular formula is C13H19N3O2. The summed E-state index contributed by atoms with van der Waals surface area (Å²) in [5.41, 5.74) is 1.95. The highest BCUT2D eigenvalue weighted by molar-refractivity contribution is 5.65. The van der Waals surface area contributed by atoms with Crippen LogP contribution in [0.15, 0.2) is 18.2 Å². The molecule has 0 bridgehead atoms. The van der Waals surface area contributed by atoms with E-state index in [1.165, 1.54) is 0 Å². The predicted molar refractivity (Wildman–Crippen MR) is 72.1 cm³/mol. The molecule has 5 nitrogen and oxygen atoms in total. The number of benzene rings is 1. The van der Waals surface area contributed by atoms with Crippen LogP contribution >= 0.6 is 0 Å². The summed E-state index contributed by atoms with van der Waals surface area (Å²) in [6.07, 6.45) is 0. The molecule has 2 rings (SSSR count). The van der Waals surface area contributed by atoms with Crippen LogP contribution in [-0.2, 0) is 0 Å². The van der Waals surface area contributed by atoms with Crippen molar-refractivity contribution in [1.82, 2.24) is 5.32 Å². The molecule has 0 unspecified atom stereocenters. The summed E-state index contributed by atoms with van der Waals surface area (Å²) in [6.45, 7) is 8.60. The van der Waals surface area contributed by atoms with Gasteiger partial charge < -0.3 is 10.2 Å². The SMILES string of the molecule is Cc1ccc([N+](=O)[O-])c(N2CCNC(C)(C)C2)c1. The van der Waals surface area contributed by atoms with Crippen molar-refractivity contribution >= 4 is 11.4 Å². The third-order valence-corrected chi connectivity index (χ3v) is 3.24. The molecule has 1 aromatic rings. The first kappa shape index (κ1) is 12.8. The van der Waals surface area contributed by atoms with Crippen molar-refractivity contribution < 1.29 is 4.92 Å². The molecule has 0 saturated carbocycles. The lowest BCUT2D eigenvalue weighted by molar-refractivity contribution is -0.384. The summed E-state index contributed by atoms with van der Waals surface area (Å²) in [6, 6.07) is 5.29. The smallest absolute Gasteiger partial charge is 0.292 e. The number of nitro benzene ring substituents is 1. The zero-order chi connectivity index (χ0) is 13.3. The summed E-state index contributed by atoms with van der Waals surface area (Å²) in [5.74, 6) is 0. The number of nitrogens with one attached hydrogen (secondary N) is 1. The van der Waals surface area contributed by atoms with Gasteiger partial charge in [-0.25, -0.2) is 0 Å². The maximum absolute atomic E-state index is 11.1. The number of hydrogen-bond donors (Lipinski definition) is 1. The lowest BCUT2D eigenvalue weighted by Crippen LogP contribution is -2.57. The number of piperazine rings is 1. The molecular weight excluding hydrogens is 230 g/mol. The van der Waals surface area contributed by atoms with Crippen LogP contribution in [0, 0.1) is 17.0 Å². The maximum atomic E-state index is 11.1. The van der Waals surface area contributed by atoms with Crippen LogP contribution in [-0.4, -0.2) is 30.1 Å². The Bertz CT molecular complexity index is 471. The Morgan fingerprint density at radius 1 is 1.44 bits per heavy atom. The van der Waals surface area contributed by atoms with Gasteiger partial charge in [0.05, 0.1) is 4.92 Å². The number of nitrogens with zero attached hydrogens (tertiary/aromatic N) is 2. The first-order valence-corrected chi connectivity index (χ1v) is 6.14. The first-order chi connectivity index (χ1) is 8.39. The minimum Gasteiger partial charge on any atom is -0.363 e. The molecule has 1 heterocycles. The van der Waals surface area contributed by atoms with Crippen molar-refractivity contribution in [1.29, 1.82) is 0 Å². The number of hydrogen-bond acceptors (Lipinski definition) is 4. The molecule has 1 aliphatic rings. The molecule has 0 spiro atoms. The topological polar surface area (TPSA) is 58.4 Å². The molecule has 0 amide bonds. The highest BCUT2D eigenvalue weighted by atomic mass is 16.6. The van der Waals surface area contributed by atoms with Crippen molar-refractivity contribution in [2.75, 3.05) is 24.5 Å². The molecule has 1 N–H and O–H groups in total. The molecule has 5 heteroatoms. The number of nitro groups is 1. The summed E-state index contributed by atoms with van der Waals surface area (Å²) in [5, 5.41) is 14.5.